The zero-order valence-corrected chi connectivity index (χ0v) is 33.9. The zero-order chi connectivity index (χ0) is 40.5. The van der Waals surface area contributed by atoms with Gasteiger partial charge in [0.15, 0.2) is 0 Å². The van der Waals surface area contributed by atoms with Gasteiger partial charge < -0.3 is 14.7 Å². The fourth-order valence-electron chi connectivity index (χ4n) is 8.97. The Balaban J connectivity index is 1.22. The molecule has 0 spiro atoms. The van der Waals surface area contributed by atoms with Gasteiger partial charge in [-0.3, -0.25) is 0 Å². The van der Waals surface area contributed by atoms with Gasteiger partial charge in [0.05, 0.1) is 17.1 Å². The molecule has 0 heterocycles. The number of benzene rings is 9. The molecule has 60 heavy (non-hydrogen) atoms. The normalized spacial score (nSPS) is 12.3. The van der Waals surface area contributed by atoms with Crippen LogP contribution in [0.1, 0.15) is 25.0 Å². The van der Waals surface area contributed by atoms with E-state index in [1.807, 2.05) is 0 Å². The Hall–Kier alpha value is -7.62. The molecule has 0 aromatic heterocycles. The topological polar surface area (TPSA) is 9.72 Å². The Morgan fingerprint density at radius 1 is 0.267 bits per heavy atom. The van der Waals surface area contributed by atoms with Crippen LogP contribution in [0.3, 0.4) is 0 Å². The highest BCUT2D eigenvalue weighted by Gasteiger charge is 2.37. The maximum absolute atomic E-state index is 2.43. The van der Waals surface area contributed by atoms with Crippen molar-refractivity contribution in [2.24, 2.45) is 0 Å². The van der Waals surface area contributed by atoms with Crippen LogP contribution in [-0.2, 0) is 5.41 Å². The van der Waals surface area contributed by atoms with Gasteiger partial charge in [-0.05, 0) is 124 Å². The highest BCUT2D eigenvalue weighted by atomic mass is 15.2. The molecule has 1 aliphatic rings. The summed E-state index contributed by atoms with van der Waals surface area (Å²) >= 11 is 0. The van der Waals surface area contributed by atoms with Gasteiger partial charge in [0.25, 0.3) is 0 Å². The first-order valence-corrected chi connectivity index (χ1v) is 20.7. The molecule has 0 amide bonds. The summed E-state index contributed by atoms with van der Waals surface area (Å²) in [4.78, 5) is 7.14. The maximum atomic E-state index is 2.43. The highest BCUT2D eigenvalue weighted by molar-refractivity contribution is 5.95. The molecule has 0 radical (unpaired) electrons. The van der Waals surface area contributed by atoms with E-state index in [4.69, 9.17) is 0 Å². The lowest BCUT2D eigenvalue weighted by Crippen LogP contribution is -2.18. The van der Waals surface area contributed by atoms with Crippen molar-refractivity contribution < 1.29 is 0 Å². The summed E-state index contributed by atoms with van der Waals surface area (Å²) in [5.41, 5.74) is 17.2. The highest BCUT2D eigenvalue weighted by Crippen LogP contribution is 2.54. The summed E-state index contributed by atoms with van der Waals surface area (Å²) in [7, 11) is 0. The zero-order valence-electron chi connectivity index (χ0n) is 33.9. The number of hydrogen-bond acceptors (Lipinski definition) is 3. The second-order valence-corrected chi connectivity index (χ2v) is 15.8. The lowest BCUT2D eigenvalue weighted by atomic mass is 9.81. The number of rotatable bonds is 10. The monoisotopic (exact) mass is 771 g/mol. The molecule has 1 aliphatic carbocycles. The molecule has 0 atom stereocenters. The van der Waals surface area contributed by atoms with Crippen LogP contribution in [0.2, 0.25) is 0 Å². The Labute approximate surface area is 353 Å². The summed E-state index contributed by atoms with van der Waals surface area (Å²) in [6.45, 7) is 4.74. The molecule has 0 aliphatic heterocycles. The van der Waals surface area contributed by atoms with E-state index in [2.05, 4.69) is 265 Å². The number of hydrogen-bond donors (Lipinski definition) is 0. The number of fused-ring (bicyclic) bond motifs is 3. The number of anilines is 9. The minimum atomic E-state index is -0.213. The van der Waals surface area contributed by atoms with Crippen molar-refractivity contribution in [2.75, 3.05) is 14.7 Å². The van der Waals surface area contributed by atoms with Gasteiger partial charge in [0, 0.05) is 39.5 Å². The third kappa shape index (κ3) is 6.70. The lowest BCUT2D eigenvalue weighted by Gasteiger charge is -2.33. The van der Waals surface area contributed by atoms with Crippen molar-refractivity contribution in [1.82, 2.24) is 0 Å². The molecule has 3 nitrogen and oxygen atoms in total. The van der Waals surface area contributed by atoms with Gasteiger partial charge in [-0.25, -0.2) is 0 Å². The lowest BCUT2D eigenvalue weighted by molar-refractivity contribution is 0.660. The first-order chi connectivity index (χ1) is 29.5. The summed E-state index contributed by atoms with van der Waals surface area (Å²) in [5, 5.41) is 0. The average Bonchev–Trinajstić information content (AvgIpc) is 3.54. The Bertz CT molecular complexity index is 2700. The van der Waals surface area contributed by atoms with E-state index in [9.17, 15) is 0 Å². The van der Waals surface area contributed by atoms with Crippen LogP contribution >= 0.6 is 0 Å². The van der Waals surface area contributed by atoms with E-state index >= 15 is 0 Å². The van der Waals surface area contributed by atoms with E-state index in [1.54, 1.807) is 0 Å². The number of nitrogens with zero attached hydrogens (tertiary/aromatic N) is 3. The van der Waals surface area contributed by atoms with Gasteiger partial charge in [-0.1, -0.05) is 159 Å². The largest absolute Gasteiger partial charge is 0.310 e. The molecule has 0 fully saturated rings. The van der Waals surface area contributed by atoms with Crippen LogP contribution < -0.4 is 14.7 Å². The van der Waals surface area contributed by atoms with Crippen LogP contribution in [0, 0.1) is 0 Å². The fourth-order valence-corrected chi connectivity index (χ4v) is 8.97. The smallest absolute Gasteiger partial charge is 0.0503 e. The molecular weight excluding hydrogens is 727 g/mol. The van der Waals surface area contributed by atoms with Crippen molar-refractivity contribution in [3.8, 4) is 22.3 Å². The van der Waals surface area contributed by atoms with Crippen molar-refractivity contribution >= 4 is 51.2 Å². The standard InChI is InChI=1S/C57H45N3/c1-57(2)54-35-21-34-52(42-22-9-3-10-23-42)56(54)53-37-36-48(41-55(53)57)60(47-32-19-8-20-33-47)51-39-49(58(43-24-11-4-12-25-43)44-26-13-5-14-27-44)38-50(40-51)59(45-28-15-6-16-29-45)46-30-17-7-18-31-46/h3-41H,1-2H3. The minimum absolute atomic E-state index is 0.213. The van der Waals surface area contributed by atoms with Crippen LogP contribution in [0.25, 0.3) is 22.3 Å². The molecule has 288 valence electrons. The molecule has 0 saturated heterocycles. The van der Waals surface area contributed by atoms with Crippen LogP contribution in [0.15, 0.2) is 237 Å². The third-order valence-corrected chi connectivity index (χ3v) is 11.8. The molecule has 0 bridgehead atoms. The molecule has 0 unspecified atom stereocenters. The van der Waals surface area contributed by atoms with Crippen molar-refractivity contribution in [2.45, 2.75) is 19.3 Å². The van der Waals surface area contributed by atoms with Crippen molar-refractivity contribution in [3.05, 3.63) is 248 Å². The quantitative estimate of drug-likeness (QED) is 0.137. The third-order valence-electron chi connectivity index (χ3n) is 11.8. The Morgan fingerprint density at radius 3 is 1.03 bits per heavy atom. The minimum Gasteiger partial charge on any atom is -0.310 e. The average molecular weight is 772 g/mol. The maximum Gasteiger partial charge on any atom is 0.0503 e. The first-order valence-electron chi connectivity index (χ1n) is 20.7. The molecule has 0 N–H and O–H groups in total. The van der Waals surface area contributed by atoms with Crippen molar-refractivity contribution in [3.63, 3.8) is 0 Å². The van der Waals surface area contributed by atoms with Gasteiger partial charge in [-0.15, -0.1) is 0 Å². The molecule has 10 rings (SSSR count). The van der Waals surface area contributed by atoms with Gasteiger partial charge in [-0.2, -0.15) is 0 Å². The molecular formula is C57H45N3. The van der Waals surface area contributed by atoms with Crippen molar-refractivity contribution in [1.29, 1.82) is 0 Å². The second-order valence-electron chi connectivity index (χ2n) is 15.8. The Kier molecular flexibility index (Phi) is 9.55. The van der Waals surface area contributed by atoms with E-state index < -0.39 is 0 Å². The summed E-state index contributed by atoms with van der Waals surface area (Å²) in [6.07, 6.45) is 0. The summed E-state index contributed by atoms with van der Waals surface area (Å²) in [6, 6.07) is 85.2. The first kappa shape index (κ1) is 36.7. The van der Waals surface area contributed by atoms with E-state index in [0.29, 0.717) is 0 Å². The summed E-state index contributed by atoms with van der Waals surface area (Å²) in [5.74, 6) is 0. The Morgan fingerprint density at radius 2 is 0.633 bits per heavy atom. The van der Waals surface area contributed by atoms with Crippen LogP contribution in [0.4, 0.5) is 51.2 Å². The van der Waals surface area contributed by atoms with Crippen LogP contribution in [-0.4, -0.2) is 0 Å². The van der Waals surface area contributed by atoms with E-state index in [0.717, 1.165) is 51.2 Å². The molecule has 0 saturated carbocycles. The SMILES string of the molecule is CC1(C)c2cc(N(c3ccccc3)c3cc(N(c4ccccc4)c4ccccc4)cc(N(c4ccccc4)c4ccccc4)c3)ccc2-c2c(-c3ccccc3)cccc21. The second kappa shape index (κ2) is 15.6. The van der Waals surface area contributed by atoms with E-state index in [1.165, 1.54) is 33.4 Å². The predicted octanol–water partition coefficient (Wildman–Crippen LogP) is 16.1. The number of para-hydroxylation sites is 5. The molecule has 3 heteroatoms. The van der Waals surface area contributed by atoms with Gasteiger partial charge >= 0.3 is 0 Å². The van der Waals surface area contributed by atoms with E-state index in [-0.39, 0.29) is 5.41 Å². The van der Waals surface area contributed by atoms with Crippen LogP contribution in [0.5, 0.6) is 0 Å². The fraction of sp³-hybridized carbons (Fsp3) is 0.0526. The molecule has 9 aromatic rings. The molecule has 9 aromatic carbocycles. The predicted molar refractivity (Wildman–Crippen MR) is 253 cm³/mol. The summed E-state index contributed by atoms with van der Waals surface area (Å²) < 4.78 is 0. The van der Waals surface area contributed by atoms with Gasteiger partial charge in [0.1, 0.15) is 0 Å². The van der Waals surface area contributed by atoms with Gasteiger partial charge in [0.2, 0.25) is 0 Å².